The van der Waals surface area contributed by atoms with Crippen LogP contribution in [0.15, 0.2) is 0 Å². The summed E-state index contributed by atoms with van der Waals surface area (Å²) in [6, 6.07) is 0.00329. The molecule has 0 N–H and O–H groups in total. The number of Topliss-reactive ketones (excluding diaryl/α,β-unsaturated/α-hetero) is 1. The van der Waals surface area contributed by atoms with Crippen molar-refractivity contribution in [3.63, 3.8) is 0 Å². The number of likely N-dealkylation sites (N-methyl/N-ethyl adjacent to an activating group) is 1. The topological polar surface area (TPSA) is 20.3 Å². The van der Waals surface area contributed by atoms with Gasteiger partial charge in [-0.25, -0.2) is 4.39 Å². The zero-order valence-electron chi connectivity index (χ0n) is 9.32. The third-order valence-electron chi connectivity index (χ3n) is 4.92. The van der Waals surface area contributed by atoms with E-state index < -0.39 is 6.17 Å². The summed E-state index contributed by atoms with van der Waals surface area (Å²) in [6.45, 7) is 2.66. The zero-order valence-corrected chi connectivity index (χ0v) is 9.32. The van der Waals surface area contributed by atoms with E-state index in [0.717, 1.165) is 19.4 Å². The van der Waals surface area contributed by atoms with Crippen molar-refractivity contribution in [1.29, 1.82) is 0 Å². The van der Waals surface area contributed by atoms with Crippen LogP contribution in [0.3, 0.4) is 0 Å². The lowest BCUT2D eigenvalue weighted by atomic mass is 9.77. The van der Waals surface area contributed by atoms with Gasteiger partial charge in [0.15, 0.2) is 0 Å². The van der Waals surface area contributed by atoms with Crippen LogP contribution in [0.1, 0.15) is 19.8 Å². The fraction of sp³-hybridized carbons (Fsp3) is 0.917. The van der Waals surface area contributed by atoms with E-state index in [1.807, 2.05) is 7.05 Å². The molecule has 3 fully saturated rings. The van der Waals surface area contributed by atoms with Crippen molar-refractivity contribution in [2.75, 3.05) is 13.6 Å². The van der Waals surface area contributed by atoms with Crippen molar-refractivity contribution in [1.82, 2.24) is 4.90 Å². The minimum Gasteiger partial charge on any atom is -0.298 e. The van der Waals surface area contributed by atoms with Crippen LogP contribution in [0, 0.1) is 23.7 Å². The molecule has 0 amide bonds. The van der Waals surface area contributed by atoms with Gasteiger partial charge in [-0.2, -0.15) is 0 Å². The highest BCUT2D eigenvalue weighted by molar-refractivity contribution is 5.82. The molecule has 3 rings (SSSR count). The molecule has 0 spiro atoms. The van der Waals surface area contributed by atoms with Crippen LogP contribution >= 0.6 is 0 Å². The highest BCUT2D eigenvalue weighted by Crippen LogP contribution is 2.58. The second-order valence-electron chi connectivity index (χ2n) is 5.65. The Bertz CT molecular complexity index is 304. The van der Waals surface area contributed by atoms with E-state index >= 15 is 0 Å². The van der Waals surface area contributed by atoms with Gasteiger partial charge in [0.05, 0.1) is 6.04 Å². The van der Waals surface area contributed by atoms with Gasteiger partial charge in [-0.1, -0.05) is 0 Å². The smallest absolute Gasteiger partial charge is 0.147 e. The van der Waals surface area contributed by atoms with Gasteiger partial charge in [0.2, 0.25) is 0 Å². The van der Waals surface area contributed by atoms with Gasteiger partial charge in [-0.05, 0) is 50.5 Å². The standard InChI is InChI=1S/C12H18FNO/c1-6(15)12-11-8-3-7(4-10(8)13)9(11)5-14(12)2/h7-12H,3-5H2,1-2H3/t7-,8+,9+,10?,11-,12+/m0/s1. The van der Waals surface area contributed by atoms with E-state index in [9.17, 15) is 9.18 Å². The number of carbonyl (C=O) groups is 1. The number of rotatable bonds is 1. The van der Waals surface area contributed by atoms with Gasteiger partial charge in [0, 0.05) is 6.54 Å². The number of hydrogen-bond acceptors (Lipinski definition) is 2. The number of nitrogens with zero attached hydrogens (tertiary/aromatic N) is 1. The Morgan fingerprint density at radius 2 is 2.07 bits per heavy atom. The minimum absolute atomic E-state index is 0.00329. The number of hydrogen-bond donors (Lipinski definition) is 0. The first-order valence-corrected chi connectivity index (χ1v) is 5.94. The van der Waals surface area contributed by atoms with Crippen molar-refractivity contribution in [3.8, 4) is 0 Å². The zero-order chi connectivity index (χ0) is 10.7. The molecule has 1 aliphatic heterocycles. The quantitative estimate of drug-likeness (QED) is 0.655. The van der Waals surface area contributed by atoms with Crippen molar-refractivity contribution >= 4 is 5.78 Å². The van der Waals surface area contributed by atoms with Gasteiger partial charge < -0.3 is 0 Å². The third-order valence-corrected chi connectivity index (χ3v) is 4.92. The van der Waals surface area contributed by atoms with Crippen molar-refractivity contribution < 1.29 is 9.18 Å². The monoisotopic (exact) mass is 211 g/mol. The summed E-state index contributed by atoms with van der Waals surface area (Å²) in [5, 5.41) is 0. The van der Waals surface area contributed by atoms with E-state index in [1.165, 1.54) is 0 Å². The SMILES string of the molecule is CC(=O)[C@@H]1[C@@H]2[C@H](CN1C)[C@@H]1CC(F)[C@H]2C1. The van der Waals surface area contributed by atoms with Crippen molar-refractivity contribution in [2.45, 2.75) is 32.0 Å². The van der Waals surface area contributed by atoms with E-state index in [0.29, 0.717) is 17.8 Å². The van der Waals surface area contributed by atoms with E-state index in [-0.39, 0.29) is 17.7 Å². The number of carbonyl (C=O) groups excluding carboxylic acids is 1. The summed E-state index contributed by atoms with van der Waals surface area (Å²) in [4.78, 5) is 13.8. The molecule has 2 nitrogen and oxygen atoms in total. The highest BCUT2D eigenvalue weighted by Gasteiger charge is 2.60. The van der Waals surface area contributed by atoms with Gasteiger partial charge >= 0.3 is 0 Å². The van der Waals surface area contributed by atoms with Gasteiger partial charge in [0.25, 0.3) is 0 Å². The summed E-state index contributed by atoms with van der Waals surface area (Å²) in [6.07, 6.45) is 1.16. The summed E-state index contributed by atoms with van der Waals surface area (Å²) < 4.78 is 13.7. The Morgan fingerprint density at radius 3 is 2.73 bits per heavy atom. The lowest BCUT2D eigenvalue weighted by molar-refractivity contribution is -0.122. The number of ketones is 1. The van der Waals surface area contributed by atoms with Gasteiger partial charge in [0.1, 0.15) is 12.0 Å². The molecule has 0 aromatic carbocycles. The highest BCUT2D eigenvalue weighted by atomic mass is 19.1. The molecule has 2 aliphatic carbocycles. The molecule has 1 saturated heterocycles. The summed E-state index contributed by atoms with van der Waals surface area (Å²) in [5.41, 5.74) is 0. The van der Waals surface area contributed by atoms with E-state index in [4.69, 9.17) is 0 Å². The average Bonchev–Trinajstić information content (AvgIpc) is 2.72. The predicted octanol–water partition coefficient (Wildman–Crippen LogP) is 1.50. The molecule has 3 aliphatic rings. The van der Waals surface area contributed by atoms with Crippen LogP contribution in [0.4, 0.5) is 4.39 Å². The van der Waals surface area contributed by atoms with Crippen LogP contribution in [0.5, 0.6) is 0 Å². The van der Waals surface area contributed by atoms with Gasteiger partial charge in [-0.3, -0.25) is 9.69 Å². The maximum Gasteiger partial charge on any atom is 0.147 e. The lowest BCUT2D eigenvalue weighted by Gasteiger charge is -2.30. The van der Waals surface area contributed by atoms with E-state index in [2.05, 4.69) is 4.90 Å². The largest absolute Gasteiger partial charge is 0.298 e. The van der Waals surface area contributed by atoms with Gasteiger partial charge in [-0.15, -0.1) is 0 Å². The Hall–Kier alpha value is -0.440. The molecule has 2 saturated carbocycles. The maximum absolute atomic E-state index is 13.7. The average molecular weight is 211 g/mol. The first-order valence-electron chi connectivity index (χ1n) is 5.94. The van der Waals surface area contributed by atoms with Crippen LogP contribution in [-0.4, -0.2) is 36.5 Å². The lowest BCUT2D eigenvalue weighted by Crippen LogP contribution is -2.40. The molecule has 0 aromatic rings. The van der Waals surface area contributed by atoms with Crippen LogP contribution in [-0.2, 0) is 4.79 Å². The second-order valence-corrected chi connectivity index (χ2v) is 5.65. The molecule has 1 heterocycles. The number of alkyl halides is 1. The Morgan fingerprint density at radius 1 is 1.33 bits per heavy atom. The number of halogens is 1. The first-order chi connectivity index (χ1) is 7.09. The molecule has 84 valence electrons. The molecule has 15 heavy (non-hydrogen) atoms. The fourth-order valence-electron chi connectivity index (χ4n) is 4.50. The molecule has 6 atom stereocenters. The summed E-state index contributed by atoms with van der Waals surface area (Å²) in [7, 11) is 2.01. The summed E-state index contributed by atoms with van der Waals surface area (Å²) >= 11 is 0. The Kier molecular flexibility index (Phi) is 1.97. The Balaban J connectivity index is 1.91. The van der Waals surface area contributed by atoms with E-state index in [1.54, 1.807) is 6.92 Å². The van der Waals surface area contributed by atoms with Crippen LogP contribution < -0.4 is 0 Å². The maximum atomic E-state index is 13.7. The third kappa shape index (κ3) is 1.16. The second kappa shape index (κ2) is 3.03. The molecule has 2 bridgehead atoms. The molecule has 3 heteroatoms. The molecular weight excluding hydrogens is 193 g/mol. The number of likely N-dealkylation sites (tertiary alicyclic amines) is 1. The van der Waals surface area contributed by atoms with Crippen molar-refractivity contribution in [3.05, 3.63) is 0 Å². The normalized spacial score (nSPS) is 53.5. The fourth-order valence-corrected chi connectivity index (χ4v) is 4.50. The predicted molar refractivity (Wildman–Crippen MR) is 55.2 cm³/mol. The van der Waals surface area contributed by atoms with Crippen LogP contribution in [0.25, 0.3) is 0 Å². The van der Waals surface area contributed by atoms with Crippen molar-refractivity contribution in [2.24, 2.45) is 23.7 Å². The molecule has 0 radical (unpaired) electrons. The first kappa shape index (κ1) is 9.76. The number of fused-ring (bicyclic) bond motifs is 5. The molecule has 1 unspecified atom stereocenters. The van der Waals surface area contributed by atoms with Crippen LogP contribution in [0.2, 0.25) is 0 Å². The molecular formula is C12H18FNO. The Labute approximate surface area is 89.8 Å². The summed E-state index contributed by atoms with van der Waals surface area (Å²) in [5.74, 6) is 1.88. The molecule has 0 aromatic heterocycles. The minimum atomic E-state index is -0.635.